The number of nitrogens with zero attached hydrogens (tertiary/aromatic N) is 3. The van der Waals surface area contributed by atoms with Gasteiger partial charge in [0.25, 0.3) is 0 Å². The molecule has 30 heavy (non-hydrogen) atoms. The topological polar surface area (TPSA) is 101 Å². The normalized spacial score (nSPS) is 15.2. The summed E-state index contributed by atoms with van der Waals surface area (Å²) in [5.74, 6) is -0.433. The molecule has 1 amide bonds. The number of para-hydroxylation sites is 2. The molecular formula is C21H22N4O4S. The van der Waals surface area contributed by atoms with E-state index in [0.717, 1.165) is 19.3 Å². The van der Waals surface area contributed by atoms with Crippen LogP contribution in [0, 0.1) is 0 Å². The summed E-state index contributed by atoms with van der Waals surface area (Å²) in [6.07, 6.45) is 3.85. The molecule has 1 aliphatic heterocycles. The summed E-state index contributed by atoms with van der Waals surface area (Å²) in [5, 5.41) is 7.22. The zero-order chi connectivity index (χ0) is 21.1. The zero-order valence-corrected chi connectivity index (χ0v) is 17.1. The van der Waals surface area contributed by atoms with Gasteiger partial charge in [-0.25, -0.2) is 8.42 Å². The number of benzene rings is 2. The number of carbonyl (C=O) groups is 1. The lowest BCUT2D eigenvalue weighted by Crippen LogP contribution is -2.36. The molecule has 1 fully saturated rings. The first kappa shape index (κ1) is 20.2. The summed E-state index contributed by atoms with van der Waals surface area (Å²) in [6.45, 7) is 0.814. The third-order valence-electron chi connectivity index (χ3n) is 5.15. The summed E-state index contributed by atoms with van der Waals surface area (Å²) in [4.78, 5) is 24.8. The molecule has 1 aliphatic rings. The molecule has 0 bridgehead atoms. The molecule has 3 aromatic rings. The highest BCUT2D eigenvalue weighted by Crippen LogP contribution is 2.26. The fourth-order valence-electron chi connectivity index (χ4n) is 3.65. The Morgan fingerprint density at radius 3 is 2.50 bits per heavy atom. The fourth-order valence-corrected chi connectivity index (χ4v) is 5.32. The van der Waals surface area contributed by atoms with Gasteiger partial charge in [0.05, 0.1) is 17.4 Å². The van der Waals surface area contributed by atoms with Crippen LogP contribution in [0.1, 0.15) is 19.3 Å². The molecule has 2 aromatic carbocycles. The molecule has 9 heteroatoms. The molecule has 8 nitrogen and oxygen atoms in total. The smallest absolute Gasteiger partial charge is 0.246 e. The van der Waals surface area contributed by atoms with Crippen LogP contribution in [0.3, 0.4) is 0 Å². The average Bonchev–Trinajstić information content (AvgIpc) is 2.77. The van der Waals surface area contributed by atoms with Gasteiger partial charge in [0.15, 0.2) is 0 Å². The maximum absolute atomic E-state index is 13.1. The number of carbonyl (C=O) groups excluding carboxylic acids is 1. The van der Waals surface area contributed by atoms with E-state index < -0.39 is 15.9 Å². The van der Waals surface area contributed by atoms with E-state index in [1.165, 1.54) is 21.3 Å². The number of fused-ring (bicyclic) bond motifs is 1. The molecule has 0 aliphatic carbocycles. The van der Waals surface area contributed by atoms with Gasteiger partial charge in [-0.3, -0.25) is 14.3 Å². The lowest BCUT2D eigenvalue weighted by atomic mass is 10.2. The minimum absolute atomic E-state index is 0.0815. The molecule has 0 radical (unpaired) electrons. The second-order valence-corrected chi connectivity index (χ2v) is 9.10. The van der Waals surface area contributed by atoms with Crippen LogP contribution in [0.5, 0.6) is 0 Å². The van der Waals surface area contributed by atoms with E-state index in [1.54, 1.807) is 42.5 Å². The average molecular weight is 426 g/mol. The third-order valence-corrected chi connectivity index (χ3v) is 7.11. The predicted octanol–water partition coefficient (Wildman–Crippen LogP) is 2.21. The molecular weight excluding hydrogens is 404 g/mol. The Hall–Kier alpha value is -3.04. The Labute approximate surface area is 174 Å². The van der Waals surface area contributed by atoms with E-state index in [0.29, 0.717) is 24.0 Å². The standard InChI is InChI=1S/C21H22N4O4S/c26-19-14-22-25(18-10-4-2-8-16(18)19)15-21(27)23-17-9-3-5-11-20(17)30(28,29)24-12-6-1-7-13-24/h2-5,8-11,14H,1,6-7,12-13,15H2,(H,23,27). The van der Waals surface area contributed by atoms with Gasteiger partial charge in [-0.05, 0) is 37.1 Å². The molecule has 0 atom stereocenters. The van der Waals surface area contributed by atoms with Crippen LogP contribution in [0.4, 0.5) is 5.69 Å². The largest absolute Gasteiger partial charge is 0.323 e. The Morgan fingerprint density at radius 2 is 1.70 bits per heavy atom. The zero-order valence-electron chi connectivity index (χ0n) is 16.3. The number of sulfonamides is 1. The minimum atomic E-state index is -3.70. The first-order valence-corrected chi connectivity index (χ1v) is 11.2. The van der Waals surface area contributed by atoms with Crippen LogP contribution >= 0.6 is 0 Å². The SMILES string of the molecule is O=C(Cn1ncc(=O)c2ccccc21)Nc1ccccc1S(=O)(=O)N1CCCCC1. The van der Waals surface area contributed by atoms with Crippen molar-refractivity contribution in [3.63, 3.8) is 0 Å². The summed E-state index contributed by atoms with van der Waals surface area (Å²) in [5.41, 5.74) is 0.549. The van der Waals surface area contributed by atoms with Crippen LogP contribution in [0.25, 0.3) is 10.9 Å². The van der Waals surface area contributed by atoms with Gasteiger partial charge in [-0.2, -0.15) is 9.40 Å². The van der Waals surface area contributed by atoms with Crippen LogP contribution in [0.2, 0.25) is 0 Å². The molecule has 1 aromatic heterocycles. The van der Waals surface area contributed by atoms with Gasteiger partial charge >= 0.3 is 0 Å². The van der Waals surface area contributed by atoms with Gasteiger partial charge in [-0.15, -0.1) is 0 Å². The predicted molar refractivity (Wildman–Crippen MR) is 114 cm³/mol. The molecule has 1 N–H and O–H groups in total. The van der Waals surface area contributed by atoms with E-state index in [2.05, 4.69) is 10.4 Å². The Morgan fingerprint density at radius 1 is 1.00 bits per heavy atom. The van der Waals surface area contributed by atoms with Gasteiger partial charge in [0.2, 0.25) is 21.4 Å². The maximum atomic E-state index is 13.1. The van der Waals surface area contributed by atoms with Gasteiger partial charge in [0.1, 0.15) is 11.4 Å². The number of amides is 1. The fraction of sp³-hybridized carbons (Fsp3) is 0.286. The molecule has 2 heterocycles. The lowest BCUT2D eigenvalue weighted by molar-refractivity contribution is -0.116. The number of aromatic nitrogens is 2. The summed E-state index contributed by atoms with van der Waals surface area (Å²) in [7, 11) is -3.70. The highest BCUT2D eigenvalue weighted by Gasteiger charge is 2.28. The van der Waals surface area contributed by atoms with Gasteiger partial charge < -0.3 is 5.32 Å². The van der Waals surface area contributed by atoms with Crippen molar-refractivity contribution in [3.8, 4) is 0 Å². The highest BCUT2D eigenvalue weighted by atomic mass is 32.2. The van der Waals surface area contributed by atoms with Crippen LogP contribution in [-0.4, -0.2) is 41.5 Å². The molecule has 156 valence electrons. The molecule has 0 unspecified atom stereocenters. The molecule has 4 rings (SSSR count). The van der Waals surface area contributed by atoms with Crippen LogP contribution < -0.4 is 10.7 Å². The molecule has 0 saturated carbocycles. The van der Waals surface area contributed by atoms with E-state index in [1.807, 2.05) is 0 Å². The van der Waals surface area contributed by atoms with E-state index >= 15 is 0 Å². The number of hydrogen-bond donors (Lipinski definition) is 1. The number of piperidine rings is 1. The third kappa shape index (κ3) is 3.99. The summed E-state index contributed by atoms with van der Waals surface area (Å²) >= 11 is 0. The quantitative estimate of drug-likeness (QED) is 0.674. The first-order valence-electron chi connectivity index (χ1n) is 9.81. The van der Waals surface area contributed by atoms with Crippen LogP contribution in [0.15, 0.2) is 64.4 Å². The van der Waals surface area contributed by atoms with Crippen molar-refractivity contribution >= 4 is 32.5 Å². The number of nitrogens with one attached hydrogen (secondary N) is 1. The molecule has 1 saturated heterocycles. The van der Waals surface area contributed by atoms with E-state index in [9.17, 15) is 18.0 Å². The Balaban J connectivity index is 1.59. The number of anilines is 1. The van der Waals surface area contributed by atoms with Crippen molar-refractivity contribution in [2.75, 3.05) is 18.4 Å². The van der Waals surface area contributed by atoms with E-state index in [-0.39, 0.29) is 22.6 Å². The van der Waals surface area contributed by atoms with Crippen LogP contribution in [-0.2, 0) is 21.4 Å². The Bertz CT molecular complexity index is 1250. The summed E-state index contributed by atoms with van der Waals surface area (Å²) < 4.78 is 29.1. The van der Waals surface area contributed by atoms with Gasteiger partial charge in [-0.1, -0.05) is 30.7 Å². The number of rotatable bonds is 5. The second kappa shape index (κ2) is 8.37. The number of hydrogen-bond acceptors (Lipinski definition) is 5. The van der Waals surface area contributed by atoms with Crippen molar-refractivity contribution in [1.29, 1.82) is 0 Å². The first-order chi connectivity index (χ1) is 14.5. The second-order valence-electron chi connectivity index (χ2n) is 7.19. The van der Waals surface area contributed by atoms with Crippen molar-refractivity contribution in [2.24, 2.45) is 0 Å². The highest BCUT2D eigenvalue weighted by molar-refractivity contribution is 7.89. The monoisotopic (exact) mass is 426 g/mol. The van der Waals surface area contributed by atoms with Gasteiger partial charge in [0, 0.05) is 18.5 Å². The van der Waals surface area contributed by atoms with Crippen molar-refractivity contribution in [1.82, 2.24) is 14.1 Å². The Kier molecular flexibility index (Phi) is 5.65. The minimum Gasteiger partial charge on any atom is -0.323 e. The van der Waals surface area contributed by atoms with E-state index in [4.69, 9.17) is 0 Å². The summed E-state index contributed by atoms with van der Waals surface area (Å²) in [6, 6.07) is 13.3. The molecule has 0 spiro atoms. The van der Waals surface area contributed by atoms with Crippen molar-refractivity contribution < 1.29 is 13.2 Å². The lowest BCUT2D eigenvalue weighted by Gasteiger charge is -2.26. The maximum Gasteiger partial charge on any atom is 0.246 e. The van der Waals surface area contributed by atoms with Crippen molar-refractivity contribution in [3.05, 3.63) is 65.0 Å². The van der Waals surface area contributed by atoms with Crippen molar-refractivity contribution in [2.45, 2.75) is 30.7 Å².